The summed E-state index contributed by atoms with van der Waals surface area (Å²) in [7, 11) is 0. The predicted octanol–water partition coefficient (Wildman–Crippen LogP) is 2.08. The summed E-state index contributed by atoms with van der Waals surface area (Å²) in [6, 6.07) is 0. The zero-order valence-electron chi connectivity index (χ0n) is 18.3. The van der Waals surface area contributed by atoms with E-state index >= 15 is 0 Å². The quantitative estimate of drug-likeness (QED) is 0.459. The second-order valence-corrected chi connectivity index (χ2v) is 6.89. The fourth-order valence-electron chi connectivity index (χ4n) is 3.68. The Kier molecular flexibility index (Phi) is 21.9. The first-order chi connectivity index (χ1) is 11.6. The molecule has 2 aliphatic carbocycles. The molecule has 2 rings (SSSR count). The van der Waals surface area contributed by atoms with E-state index in [0.29, 0.717) is 0 Å². The van der Waals surface area contributed by atoms with Gasteiger partial charge in [0, 0.05) is 0 Å². The first-order valence-electron chi connectivity index (χ1n) is 10.3. The maximum Gasteiger partial charge on any atom is 4.00 e. The van der Waals surface area contributed by atoms with E-state index in [1.807, 2.05) is 0 Å². The molecule has 0 radical (unpaired) electrons. The normalized spacial score (nSPS) is 15.2. The van der Waals surface area contributed by atoms with Gasteiger partial charge in [-0.3, -0.25) is 0 Å². The van der Waals surface area contributed by atoms with Gasteiger partial charge in [0.15, 0.2) is 0 Å². The first kappa shape index (κ1) is 32.1. The van der Waals surface area contributed by atoms with E-state index in [-0.39, 0.29) is 51.0 Å². The Morgan fingerprint density at radius 1 is 0.593 bits per heavy atom. The van der Waals surface area contributed by atoms with Crippen LogP contribution in [-0.2, 0) is 26.2 Å². The molecule has 2 aliphatic rings. The molecule has 0 aliphatic heterocycles. The molecule has 0 amide bonds. The molecule has 0 aromatic rings. The summed E-state index contributed by atoms with van der Waals surface area (Å²) in [6.45, 7) is 13.4. The van der Waals surface area contributed by atoms with E-state index in [0.717, 1.165) is 12.8 Å². The minimum atomic E-state index is 0. The van der Waals surface area contributed by atoms with Gasteiger partial charge >= 0.3 is 26.2 Å². The van der Waals surface area contributed by atoms with Gasteiger partial charge < -0.3 is 24.8 Å². The van der Waals surface area contributed by atoms with Gasteiger partial charge in [-0.1, -0.05) is 92.9 Å². The Balaban J connectivity index is -0.000000384. The van der Waals surface area contributed by atoms with Crippen LogP contribution in [0.3, 0.4) is 0 Å². The SMILES string of the molecule is CCCC1=[C-]C(CC)=C(CC)C1.CCCC1=[C-]C(CC)=C(CC)C1.[Cl-].[Cl-].[Zr+4]. The van der Waals surface area contributed by atoms with Crippen molar-refractivity contribution in [1.29, 1.82) is 0 Å². The average molecular weight is 489 g/mol. The summed E-state index contributed by atoms with van der Waals surface area (Å²) in [5.41, 5.74) is 9.29. The van der Waals surface area contributed by atoms with Crippen LogP contribution in [-0.4, -0.2) is 0 Å². The number of hydrogen-bond donors (Lipinski definition) is 0. The summed E-state index contributed by atoms with van der Waals surface area (Å²) >= 11 is 0. The maximum absolute atomic E-state index is 3.54. The Hall–Kier alpha value is 0.423. The number of halogens is 2. The fourth-order valence-corrected chi connectivity index (χ4v) is 3.68. The third kappa shape index (κ3) is 10.7. The zero-order chi connectivity index (χ0) is 17.9. The van der Waals surface area contributed by atoms with E-state index in [1.165, 1.54) is 73.7 Å². The molecule has 0 atom stereocenters. The molecule has 152 valence electrons. The van der Waals surface area contributed by atoms with Crippen molar-refractivity contribution in [2.45, 2.75) is 106 Å². The van der Waals surface area contributed by atoms with E-state index in [4.69, 9.17) is 0 Å². The molecule has 0 bridgehead atoms. The third-order valence-electron chi connectivity index (χ3n) is 5.03. The van der Waals surface area contributed by atoms with Crippen molar-refractivity contribution >= 4 is 0 Å². The van der Waals surface area contributed by atoms with Crippen molar-refractivity contribution in [3.05, 3.63) is 45.6 Å². The summed E-state index contributed by atoms with van der Waals surface area (Å²) in [5.74, 6) is 0. The number of hydrogen-bond acceptors (Lipinski definition) is 0. The van der Waals surface area contributed by atoms with Crippen LogP contribution in [0.2, 0.25) is 0 Å². The second kappa shape index (κ2) is 18.5. The molecule has 0 nitrogen and oxygen atoms in total. The Morgan fingerprint density at radius 3 is 1.11 bits per heavy atom. The van der Waals surface area contributed by atoms with Crippen LogP contribution in [0.25, 0.3) is 0 Å². The molecule has 0 unspecified atom stereocenters. The van der Waals surface area contributed by atoms with Crippen molar-refractivity contribution in [2.24, 2.45) is 0 Å². The minimum absolute atomic E-state index is 0. The van der Waals surface area contributed by atoms with Crippen molar-refractivity contribution in [1.82, 2.24) is 0 Å². The molecule has 0 N–H and O–H groups in total. The van der Waals surface area contributed by atoms with Crippen LogP contribution in [0.5, 0.6) is 0 Å². The first-order valence-corrected chi connectivity index (χ1v) is 10.3. The summed E-state index contributed by atoms with van der Waals surface area (Å²) in [4.78, 5) is 0. The molecule has 27 heavy (non-hydrogen) atoms. The topological polar surface area (TPSA) is 0 Å². The molecule has 0 fully saturated rings. The van der Waals surface area contributed by atoms with E-state index in [1.54, 1.807) is 11.1 Å². The Bertz CT molecular complexity index is 476. The van der Waals surface area contributed by atoms with Gasteiger partial charge in [-0.2, -0.15) is 11.1 Å². The van der Waals surface area contributed by atoms with Crippen LogP contribution >= 0.6 is 0 Å². The molecular weight excluding hydrogens is 450 g/mol. The van der Waals surface area contributed by atoms with Gasteiger partial charge in [0.05, 0.1) is 0 Å². The van der Waals surface area contributed by atoms with Crippen molar-refractivity contribution in [3.8, 4) is 0 Å². The van der Waals surface area contributed by atoms with Crippen molar-refractivity contribution < 1.29 is 51.0 Å². The monoisotopic (exact) mass is 486 g/mol. The van der Waals surface area contributed by atoms with Crippen LogP contribution in [0.4, 0.5) is 0 Å². The predicted molar refractivity (Wildman–Crippen MR) is 108 cm³/mol. The van der Waals surface area contributed by atoms with Crippen LogP contribution in [0.15, 0.2) is 33.4 Å². The molecule has 0 aromatic heterocycles. The van der Waals surface area contributed by atoms with Gasteiger partial charge in [0.25, 0.3) is 0 Å². The Labute approximate surface area is 201 Å². The number of rotatable bonds is 8. The van der Waals surface area contributed by atoms with Crippen molar-refractivity contribution in [3.63, 3.8) is 0 Å². The zero-order valence-corrected chi connectivity index (χ0v) is 22.3. The van der Waals surface area contributed by atoms with Gasteiger partial charge in [0.2, 0.25) is 0 Å². The Morgan fingerprint density at radius 2 is 0.926 bits per heavy atom. The maximum atomic E-state index is 3.54. The van der Waals surface area contributed by atoms with E-state index in [9.17, 15) is 0 Å². The van der Waals surface area contributed by atoms with Gasteiger partial charge in [0.1, 0.15) is 0 Å². The standard InChI is InChI=1S/2C12H19.2ClH.Zr/c2*1-4-7-10-8-11(5-2)12(6-3)9-10;;;/h2*4-8H2,1-3H3;2*1H;/q2*-1;;;+4/p-2. The molecule has 3 heteroatoms. The second-order valence-electron chi connectivity index (χ2n) is 6.89. The average Bonchev–Trinajstić information content (AvgIpc) is 3.19. The molecule has 0 heterocycles. The summed E-state index contributed by atoms with van der Waals surface area (Å²) in [5, 5.41) is 0. The minimum Gasteiger partial charge on any atom is -1.00 e. The number of allylic oxidation sites excluding steroid dienone is 8. The molecule has 0 aromatic carbocycles. The molecule has 0 saturated heterocycles. The van der Waals surface area contributed by atoms with Gasteiger partial charge in [-0.05, 0) is 0 Å². The molecule has 0 saturated carbocycles. The molecular formula is C24H38Cl2Zr. The van der Waals surface area contributed by atoms with E-state index < -0.39 is 0 Å². The van der Waals surface area contributed by atoms with Crippen LogP contribution in [0, 0.1) is 12.2 Å². The smallest absolute Gasteiger partial charge is 1.00 e. The van der Waals surface area contributed by atoms with Crippen LogP contribution < -0.4 is 24.8 Å². The van der Waals surface area contributed by atoms with Crippen LogP contribution in [0.1, 0.15) is 106 Å². The summed E-state index contributed by atoms with van der Waals surface area (Å²) in [6.07, 6.45) is 19.3. The fraction of sp³-hybridized carbons (Fsp3) is 0.667. The van der Waals surface area contributed by atoms with Crippen molar-refractivity contribution in [2.75, 3.05) is 0 Å². The van der Waals surface area contributed by atoms with E-state index in [2.05, 4.69) is 53.7 Å². The largest absolute Gasteiger partial charge is 4.00 e. The third-order valence-corrected chi connectivity index (χ3v) is 5.03. The summed E-state index contributed by atoms with van der Waals surface area (Å²) < 4.78 is 0. The van der Waals surface area contributed by atoms with Gasteiger partial charge in [-0.25, -0.2) is 34.4 Å². The van der Waals surface area contributed by atoms with Gasteiger partial charge in [-0.15, -0.1) is 12.8 Å². The molecule has 0 spiro atoms.